The van der Waals surface area contributed by atoms with Crippen LogP contribution in [0.15, 0.2) is 47.1 Å². The Kier molecular flexibility index (Phi) is 6.41. The van der Waals surface area contributed by atoms with Gasteiger partial charge in [-0.15, -0.1) is 5.92 Å². The first kappa shape index (κ1) is 24.9. The number of ether oxygens (including phenoxy) is 1. The first-order valence-corrected chi connectivity index (χ1v) is 13.3. The van der Waals surface area contributed by atoms with Crippen LogP contribution in [-0.2, 0) is 14.3 Å². The van der Waals surface area contributed by atoms with Crippen LogP contribution in [0.3, 0.4) is 0 Å². The fraction of sp³-hybridized carbons (Fsp3) is 0.531. The third kappa shape index (κ3) is 3.67. The number of carbonyl (C=O) groups is 3. The van der Waals surface area contributed by atoms with Gasteiger partial charge in [0.05, 0.1) is 5.41 Å². The van der Waals surface area contributed by atoms with Gasteiger partial charge in [-0.2, -0.15) is 0 Å². The van der Waals surface area contributed by atoms with E-state index in [-0.39, 0.29) is 35.3 Å². The molecule has 0 unspecified atom stereocenters. The number of carbonyl (C=O) groups excluding carboxylic acids is 3. The van der Waals surface area contributed by atoms with Gasteiger partial charge in [-0.1, -0.05) is 42.7 Å². The first-order chi connectivity index (χ1) is 17.3. The molecule has 5 rings (SSSR count). The molecule has 4 heteroatoms. The third-order valence-corrected chi connectivity index (χ3v) is 9.74. The average molecular weight is 485 g/mol. The lowest BCUT2D eigenvalue weighted by atomic mass is 9.48. The molecule has 2 fully saturated rings. The van der Waals surface area contributed by atoms with Crippen LogP contribution in [0.5, 0.6) is 0 Å². The molecule has 0 aliphatic heterocycles. The van der Waals surface area contributed by atoms with Crippen molar-refractivity contribution in [2.45, 2.75) is 71.6 Å². The molecule has 0 bridgehead atoms. The van der Waals surface area contributed by atoms with Crippen LogP contribution in [0.25, 0.3) is 0 Å². The second-order valence-corrected chi connectivity index (χ2v) is 11.3. The van der Waals surface area contributed by atoms with Crippen LogP contribution in [0.2, 0.25) is 0 Å². The lowest BCUT2D eigenvalue weighted by Crippen LogP contribution is -2.51. The number of hydrogen-bond donors (Lipinski definition) is 0. The van der Waals surface area contributed by atoms with Crippen LogP contribution in [0, 0.1) is 34.5 Å². The predicted octanol–water partition coefficient (Wildman–Crippen LogP) is 6.01. The van der Waals surface area contributed by atoms with Gasteiger partial charge < -0.3 is 4.74 Å². The summed E-state index contributed by atoms with van der Waals surface area (Å²) in [5.74, 6) is 7.84. The Labute approximate surface area is 214 Å². The molecule has 0 spiro atoms. The summed E-state index contributed by atoms with van der Waals surface area (Å²) in [5.41, 5.74) is 5.00. The monoisotopic (exact) mass is 484 g/mol. The number of hydrogen-bond acceptors (Lipinski definition) is 4. The second kappa shape index (κ2) is 9.27. The summed E-state index contributed by atoms with van der Waals surface area (Å²) in [7, 11) is 1.59. The molecule has 4 nitrogen and oxygen atoms in total. The van der Waals surface area contributed by atoms with E-state index in [0.29, 0.717) is 23.8 Å². The van der Waals surface area contributed by atoms with E-state index in [1.54, 1.807) is 14.0 Å². The quantitative estimate of drug-likeness (QED) is 0.379. The lowest BCUT2D eigenvalue weighted by Gasteiger charge is -2.54. The van der Waals surface area contributed by atoms with Crippen molar-refractivity contribution in [2.24, 2.45) is 22.7 Å². The van der Waals surface area contributed by atoms with Crippen LogP contribution in [-0.4, -0.2) is 31.1 Å². The highest BCUT2D eigenvalue weighted by Crippen LogP contribution is 2.69. The lowest BCUT2D eigenvalue weighted by molar-refractivity contribution is -0.136. The van der Waals surface area contributed by atoms with Crippen molar-refractivity contribution in [1.29, 1.82) is 0 Å². The summed E-state index contributed by atoms with van der Waals surface area (Å²) in [5, 5.41) is 0. The van der Waals surface area contributed by atoms with Crippen molar-refractivity contribution >= 4 is 17.3 Å². The van der Waals surface area contributed by atoms with Gasteiger partial charge in [0.1, 0.15) is 6.61 Å². The highest BCUT2D eigenvalue weighted by molar-refractivity contribution is 5.94. The Morgan fingerprint density at radius 3 is 2.53 bits per heavy atom. The zero-order chi connectivity index (χ0) is 25.7. The predicted molar refractivity (Wildman–Crippen MR) is 139 cm³/mol. The van der Waals surface area contributed by atoms with Gasteiger partial charge in [-0.05, 0) is 92.4 Å². The third-order valence-electron chi connectivity index (χ3n) is 9.74. The van der Waals surface area contributed by atoms with Crippen molar-refractivity contribution in [3.05, 3.63) is 58.2 Å². The molecule has 0 saturated heterocycles. The van der Waals surface area contributed by atoms with Gasteiger partial charge in [-0.3, -0.25) is 14.4 Å². The SMILES string of the molecule is CC#C[C@]1(C(=O)COC)CC[C@H]2[C@@H]3CCC4=CC(=O)CCC4=C3[C@@H](c3ccc(C(C)=O)cc3)C[C@@]21C. The fourth-order valence-electron chi connectivity index (χ4n) is 8.14. The number of fused-ring (bicyclic) bond motifs is 4. The van der Waals surface area contributed by atoms with E-state index in [9.17, 15) is 14.4 Å². The Balaban J connectivity index is 1.69. The number of methoxy groups -OCH3 is 1. The minimum absolute atomic E-state index is 0.0593. The van der Waals surface area contributed by atoms with E-state index in [1.807, 2.05) is 25.1 Å². The maximum absolute atomic E-state index is 13.7. The molecule has 36 heavy (non-hydrogen) atoms. The van der Waals surface area contributed by atoms with Crippen LogP contribution in [0.4, 0.5) is 0 Å². The summed E-state index contributed by atoms with van der Waals surface area (Å²) in [4.78, 5) is 37.9. The molecule has 1 aromatic carbocycles. The van der Waals surface area contributed by atoms with Crippen LogP contribution in [0.1, 0.15) is 87.6 Å². The molecule has 0 amide bonds. The van der Waals surface area contributed by atoms with E-state index in [1.165, 1.54) is 22.3 Å². The topological polar surface area (TPSA) is 60.4 Å². The largest absolute Gasteiger partial charge is 0.377 e. The van der Waals surface area contributed by atoms with E-state index in [0.717, 1.165) is 38.5 Å². The Bertz CT molecular complexity index is 1240. The zero-order valence-corrected chi connectivity index (χ0v) is 21.9. The van der Waals surface area contributed by atoms with Gasteiger partial charge >= 0.3 is 0 Å². The molecule has 188 valence electrons. The number of ketones is 3. The molecule has 1 aromatic rings. The molecule has 4 aliphatic rings. The summed E-state index contributed by atoms with van der Waals surface area (Å²) in [6.45, 7) is 5.82. The molecule has 0 radical (unpaired) electrons. The highest BCUT2D eigenvalue weighted by atomic mass is 16.5. The normalized spacial score (nSPS) is 33.1. The molecule has 2 saturated carbocycles. The van der Waals surface area contributed by atoms with Gasteiger partial charge in [0.2, 0.25) is 0 Å². The number of allylic oxidation sites excluding steroid dienone is 4. The minimum atomic E-state index is -0.713. The molecular formula is C32H36O4. The second-order valence-electron chi connectivity index (χ2n) is 11.3. The van der Waals surface area contributed by atoms with Crippen LogP contribution >= 0.6 is 0 Å². The van der Waals surface area contributed by atoms with Crippen molar-refractivity contribution in [1.82, 2.24) is 0 Å². The summed E-state index contributed by atoms with van der Waals surface area (Å²) in [6, 6.07) is 8.06. The maximum atomic E-state index is 13.7. The van der Waals surface area contributed by atoms with Crippen molar-refractivity contribution in [3.8, 4) is 11.8 Å². The Morgan fingerprint density at radius 1 is 1.11 bits per heavy atom. The number of benzene rings is 1. The highest BCUT2D eigenvalue weighted by Gasteiger charge is 2.65. The first-order valence-electron chi connectivity index (χ1n) is 13.3. The standard InChI is InChI=1S/C32H36O4/c1-5-15-32(29(35)19-36-4)16-14-28-26-12-10-23-17-24(34)11-13-25(23)30(26)27(18-31(28,32)3)22-8-6-21(7-9-22)20(2)33/h6-9,17,26-28H,10-14,16,18-19H2,1-4H3/t26-,27+,28-,31-,32+/m0/s1. The van der Waals surface area contributed by atoms with E-state index < -0.39 is 5.41 Å². The smallest absolute Gasteiger partial charge is 0.176 e. The number of rotatable bonds is 5. The molecule has 0 aromatic heterocycles. The molecule has 4 aliphatic carbocycles. The van der Waals surface area contributed by atoms with Crippen LogP contribution < -0.4 is 0 Å². The van der Waals surface area contributed by atoms with E-state index in [4.69, 9.17) is 4.74 Å². The van der Waals surface area contributed by atoms with Crippen molar-refractivity contribution < 1.29 is 19.1 Å². The van der Waals surface area contributed by atoms with Gasteiger partial charge in [-0.25, -0.2) is 0 Å². The molecule has 0 heterocycles. The molecule has 0 N–H and O–H groups in total. The Hall–Kier alpha value is -2.77. The fourth-order valence-corrected chi connectivity index (χ4v) is 8.14. The summed E-state index contributed by atoms with van der Waals surface area (Å²) in [6.07, 6.45) is 7.79. The minimum Gasteiger partial charge on any atom is -0.377 e. The number of Topliss-reactive ketones (excluding diaryl/α,β-unsaturated/α-hetero) is 2. The summed E-state index contributed by atoms with van der Waals surface area (Å²) >= 11 is 0. The summed E-state index contributed by atoms with van der Waals surface area (Å²) < 4.78 is 5.35. The zero-order valence-electron chi connectivity index (χ0n) is 21.9. The maximum Gasteiger partial charge on any atom is 0.176 e. The Morgan fingerprint density at radius 2 is 1.86 bits per heavy atom. The van der Waals surface area contributed by atoms with E-state index in [2.05, 4.69) is 30.9 Å². The molecule has 5 atom stereocenters. The van der Waals surface area contributed by atoms with Crippen molar-refractivity contribution in [3.63, 3.8) is 0 Å². The van der Waals surface area contributed by atoms with E-state index >= 15 is 0 Å². The molecular weight excluding hydrogens is 448 g/mol. The van der Waals surface area contributed by atoms with Gasteiger partial charge in [0.15, 0.2) is 17.3 Å². The van der Waals surface area contributed by atoms with Gasteiger partial charge in [0.25, 0.3) is 0 Å². The van der Waals surface area contributed by atoms with Gasteiger partial charge in [0, 0.05) is 25.0 Å². The average Bonchev–Trinajstić information content (AvgIpc) is 3.16. The van der Waals surface area contributed by atoms with Crippen molar-refractivity contribution in [2.75, 3.05) is 13.7 Å².